The minimum atomic E-state index is -0.965. The van der Waals surface area contributed by atoms with Gasteiger partial charge in [-0.2, -0.15) is 0 Å². The zero-order valence-electron chi connectivity index (χ0n) is 11.1. The van der Waals surface area contributed by atoms with E-state index in [4.69, 9.17) is 9.84 Å². The molecule has 0 heterocycles. The number of carbonyl (C=O) groups is 2. The van der Waals surface area contributed by atoms with Crippen molar-refractivity contribution in [2.45, 2.75) is 52.9 Å². The highest BCUT2D eigenvalue weighted by molar-refractivity contribution is 5.78. The number of ether oxygens (including phenoxy) is 1. The average molecular weight is 244 g/mol. The fourth-order valence-electron chi connectivity index (χ4n) is 1.59. The predicted molar refractivity (Wildman–Crippen MR) is 65.7 cm³/mol. The molecule has 0 aromatic heterocycles. The van der Waals surface area contributed by atoms with Crippen molar-refractivity contribution in [3.63, 3.8) is 0 Å². The quantitative estimate of drug-likeness (QED) is 0.633. The molecule has 17 heavy (non-hydrogen) atoms. The lowest BCUT2D eigenvalue weighted by atomic mass is 10.0. The van der Waals surface area contributed by atoms with Crippen molar-refractivity contribution < 1.29 is 19.4 Å². The second-order valence-electron chi connectivity index (χ2n) is 4.55. The van der Waals surface area contributed by atoms with Crippen molar-refractivity contribution in [2.24, 2.45) is 11.8 Å². The van der Waals surface area contributed by atoms with Crippen LogP contribution < -0.4 is 0 Å². The highest BCUT2D eigenvalue weighted by Gasteiger charge is 2.19. The zero-order chi connectivity index (χ0) is 13.3. The minimum Gasteiger partial charge on any atom is -0.481 e. The Balaban J connectivity index is 3.90. The Hall–Kier alpha value is -1.06. The molecule has 1 N–H and O–H groups in total. The third-order valence-corrected chi connectivity index (χ3v) is 2.89. The number of hydrogen-bond donors (Lipinski definition) is 1. The summed E-state index contributed by atoms with van der Waals surface area (Å²) in [6.07, 6.45) is 4.17. The molecule has 0 aliphatic heterocycles. The van der Waals surface area contributed by atoms with Crippen molar-refractivity contribution >= 4 is 11.9 Å². The van der Waals surface area contributed by atoms with Crippen LogP contribution >= 0.6 is 0 Å². The fraction of sp³-hybridized carbons (Fsp3) is 0.846. The van der Waals surface area contributed by atoms with E-state index in [1.165, 1.54) is 0 Å². The van der Waals surface area contributed by atoms with Crippen molar-refractivity contribution in [1.82, 2.24) is 0 Å². The smallest absolute Gasteiger partial charge is 0.309 e. The first-order valence-electron chi connectivity index (χ1n) is 6.39. The van der Waals surface area contributed by atoms with Gasteiger partial charge in [0.05, 0.1) is 18.9 Å². The molecule has 100 valence electrons. The zero-order valence-corrected chi connectivity index (χ0v) is 11.1. The van der Waals surface area contributed by atoms with Crippen LogP contribution in [0.15, 0.2) is 0 Å². The van der Waals surface area contributed by atoms with E-state index in [0.29, 0.717) is 12.5 Å². The number of carboxylic acid groups (broad SMARTS) is 1. The summed E-state index contributed by atoms with van der Waals surface area (Å²) in [5, 5.41) is 8.56. The molecule has 0 spiro atoms. The lowest BCUT2D eigenvalue weighted by Gasteiger charge is -2.16. The van der Waals surface area contributed by atoms with E-state index < -0.39 is 17.9 Å². The maximum Gasteiger partial charge on any atom is 0.309 e. The molecule has 4 heteroatoms. The summed E-state index contributed by atoms with van der Waals surface area (Å²) in [6.45, 7) is 6.21. The fourth-order valence-corrected chi connectivity index (χ4v) is 1.59. The number of hydrogen-bond acceptors (Lipinski definition) is 3. The third kappa shape index (κ3) is 7.77. The van der Waals surface area contributed by atoms with E-state index in [-0.39, 0.29) is 6.42 Å². The van der Waals surface area contributed by atoms with Crippen LogP contribution in [0, 0.1) is 11.8 Å². The van der Waals surface area contributed by atoms with Crippen molar-refractivity contribution in [2.75, 3.05) is 6.61 Å². The van der Waals surface area contributed by atoms with Gasteiger partial charge in [0.2, 0.25) is 0 Å². The maximum absolute atomic E-state index is 11.5. The van der Waals surface area contributed by atoms with Gasteiger partial charge in [0, 0.05) is 0 Å². The molecule has 0 aliphatic carbocycles. The van der Waals surface area contributed by atoms with Gasteiger partial charge in [-0.1, -0.05) is 40.0 Å². The lowest BCUT2D eigenvalue weighted by molar-refractivity contribution is -0.153. The molecule has 0 radical (unpaired) electrons. The Labute approximate surface area is 103 Å². The first-order valence-corrected chi connectivity index (χ1v) is 6.39. The van der Waals surface area contributed by atoms with Crippen LogP contribution in [0.2, 0.25) is 0 Å². The predicted octanol–water partition coefficient (Wildman–Crippen LogP) is 2.86. The molecule has 0 saturated carbocycles. The molecule has 0 bridgehead atoms. The molecule has 2 unspecified atom stereocenters. The van der Waals surface area contributed by atoms with Gasteiger partial charge in [0.15, 0.2) is 0 Å². The molecule has 0 rings (SSSR count). The van der Waals surface area contributed by atoms with E-state index in [2.05, 4.69) is 13.8 Å². The lowest BCUT2D eigenvalue weighted by Crippen LogP contribution is -2.21. The monoisotopic (exact) mass is 244 g/mol. The maximum atomic E-state index is 11.5. The van der Waals surface area contributed by atoms with Crippen molar-refractivity contribution in [3.8, 4) is 0 Å². The number of aliphatic carboxylic acids is 1. The molecule has 0 fully saturated rings. The van der Waals surface area contributed by atoms with Gasteiger partial charge in [-0.15, -0.1) is 0 Å². The van der Waals surface area contributed by atoms with E-state index >= 15 is 0 Å². The third-order valence-electron chi connectivity index (χ3n) is 2.89. The molecule has 0 amide bonds. The van der Waals surface area contributed by atoms with Crippen LogP contribution in [0.25, 0.3) is 0 Å². The van der Waals surface area contributed by atoms with E-state index in [0.717, 1.165) is 25.7 Å². The average Bonchev–Trinajstić information content (AvgIpc) is 2.28. The van der Waals surface area contributed by atoms with E-state index in [1.807, 2.05) is 0 Å². The van der Waals surface area contributed by atoms with Gasteiger partial charge >= 0.3 is 11.9 Å². The number of unbranched alkanes of at least 4 members (excludes halogenated alkanes) is 1. The first-order chi connectivity index (χ1) is 8.01. The van der Waals surface area contributed by atoms with Gasteiger partial charge in [-0.25, -0.2) is 0 Å². The normalized spacial score (nSPS) is 14.1. The number of carbonyl (C=O) groups excluding carboxylic acids is 1. The molecule has 0 aliphatic rings. The first kappa shape index (κ1) is 15.9. The standard InChI is InChI=1S/C13H24O4/c1-4-6-7-11(5-2)9-17-13(16)10(3)8-12(14)15/h10-11H,4-9H2,1-3H3,(H,14,15). The van der Waals surface area contributed by atoms with Crippen LogP contribution in [0.3, 0.4) is 0 Å². The van der Waals surface area contributed by atoms with Crippen molar-refractivity contribution in [3.05, 3.63) is 0 Å². The van der Waals surface area contributed by atoms with E-state index in [9.17, 15) is 9.59 Å². The van der Waals surface area contributed by atoms with Gasteiger partial charge < -0.3 is 9.84 Å². The molecular weight excluding hydrogens is 220 g/mol. The van der Waals surface area contributed by atoms with E-state index in [1.54, 1.807) is 6.92 Å². The highest BCUT2D eigenvalue weighted by atomic mass is 16.5. The number of carboxylic acids is 1. The van der Waals surface area contributed by atoms with Crippen LogP contribution in [0.4, 0.5) is 0 Å². The summed E-state index contributed by atoms with van der Waals surface area (Å²) in [4.78, 5) is 21.9. The van der Waals surface area contributed by atoms with Gasteiger partial charge in [0.1, 0.15) is 0 Å². The second kappa shape index (κ2) is 9.02. The summed E-state index contributed by atoms with van der Waals surface area (Å²) in [5.41, 5.74) is 0. The number of rotatable bonds is 9. The molecule has 0 aromatic carbocycles. The summed E-state index contributed by atoms with van der Waals surface area (Å²) in [7, 11) is 0. The topological polar surface area (TPSA) is 63.6 Å². The molecular formula is C13H24O4. The highest BCUT2D eigenvalue weighted by Crippen LogP contribution is 2.14. The summed E-state index contributed by atoms with van der Waals surface area (Å²) >= 11 is 0. The van der Waals surface area contributed by atoms with Crippen LogP contribution in [0.5, 0.6) is 0 Å². The largest absolute Gasteiger partial charge is 0.481 e. The molecule has 0 aromatic rings. The molecule has 4 nitrogen and oxygen atoms in total. The minimum absolute atomic E-state index is 0.162. The molecule has 0 saturated heterocycles. The summed E-state index contributed by atoms with van der Waals surface area (Å²) in [5.74, 6) is -1.53. The van der Waals surface area contributed by atoms with Gasteiger partial charge in [0.25, 0.3) is 0 Å². The summed E-state index contributed by atoms with van der Waals surface area (Å²) < 4.78 is 5.15. The SMILES string of the molecule is CCCCC(CC)COC(=O)C(C)CC(=O)O. The Kier molecular flexibility index (Phi) is 8.46. The second-order valence-corrected chi connectivity index (χ2v) is 4.55. The Morgan fingerprint density at radius 3 is 2.41 bits per heavy atom. The molecule has 2 atom stereocenters. The van der Waals surface area contributed by atoms with Gasteiger partial charge in [-0.3, -0.25) is 9.59 Å². The summed E-state index contributed by atoms with van der Waals surface area (Å²) in [6, 6.07) is 0. The Bertz CT molecular complexity index is 238. The van der Waals surface area contributed by atoms with Crippen LogP contribution in [-0.4, -0.2) is 23.7 Å². The van der Waals surface area contributed by atoms with Crippen LogP contribution in [0.1, 0.15) is 52.9 Å². The van der Waals surface area contributed by atoms with Crippen molar-refractivity contribution in [1.29, 1.82) is 0 Å². The van der Waals surface area contributed by atoms with Crippen LogP contribution in [-0.2, 0) is 14.3 Å². The Morgan fingerprint density at radius 2 is 1.94 bits per heavy atom. The number of esters is 1. The Morgan fingerprint density at radius 1 is 1.29 bits per heavy atom. The van der Waals surface area contributed by atoms with Gasteiger partial charge in [-0.05, 0) is 12.3 Å².